The van der Waals surface area contributed by atoms with Crippen LogP contribution in [0.15, 0.2) is 0 Å². The highest BCUT2D eigenvalue weighted by Gasteiger charge is 2.20. The summed E-state index contributed by atoms with van der Waals surface area (Å²) in [5.74, 6) is -0.572. The molecule has 96 valence electrons. The Bertz CT molecular complexity index is 367. The summed E-state index contributed by atoms with van der Waals surface area (Å²) in [7, 11) is 1.58. The van der Waals surface area contributed by atoms with Gasteiger partial charge >= 0.3 is 5.97 Å². The van der Waals surface area contributed by atoms with Gasteiger partial charge in [0.15, 0.2) is 0 Å². The molecule has 6 nitrogen and oxygen atoms in total. The Morgan fingerprint density at radius 2 is 2.24 bits per heavy atom. The van der Waals surface area contributed by atoms with Crippen molar-refractivity contribution in [3.8, 4) is 0 Å². The molecule has 1 rings (SSSR count). The second kappa shape index (κ2) is 6.51. The van der Waals surface area contributed by atoms with E-state index in [2.05, 4.69) is 15.5 Å². The zero-order valence-corrected chi connectivity index (χ0v) is 11.0. The van der Waals surface area contributed by atoms with Crippen molar-refractivity contribution in [2.75, 3.05) is 12.4 Å². The fraction of sp³-hybridized carbons (Fsp3) is 0.700. The number of carboxylic acid groups (broad SMARTS) is 1. The van der Waals surface area contributed by atoms with E-state index in [-0.39, 0.29) is 0 Å². The molecule has 0 radical (unpaired) electrons. The molecule has 2 N–H and O–H groups in total. The minimum absolute atomic E-state index is 0.301. The van der Waals surface area contributed by atoms with Crippen LogP contribution in [0.5, 0.6) is 0 Å². The van der Waals surface area contributed by atoms with Crippen LogP contribution in [0, 0.1) is 5.92 Å². The first kappa shape index (κ1) is 13.9. The largest absolute Gasteiger partial charge is 0.480 e. The van der Waals surface area contributed by atoms with Gasteiger partial charge < -0.3 is 15.2 Å². The molecule has 0 saturated heterocycles. The van der Waals surface area contributed by atoms with Gasteiger partial charge in [-0.15, -0.1) is 10.2 Å². The third kappa shape index (κ3) is 4.66. The third-order valence-electron chi connectivity index (χ3n) is 2.04. The van der Waals surface area contributed by atoms with Crippen molar-refractivity contribution in [2.45, 2.75) is 32.9 Å². The average Bonchev–Trinajstić information content (AvgIpc) is 2.64. The minimum atomic E-state index is -0.873. The van der Waals surface area contributed by atoms with Crippen LogP contribution in [0.25, 0.3) is 0 Å². The van der Waals surface area contributed by atoms with Gasteiger partial charge in [0.2, 0.25) is 5.13 Å². The fourth-order valence-electron chi connectivity index (χ4n) is 1.34. The van der Waals surface area contributed by atoms with E-state index in [0.717, 1.165) is 5.01 Å². The lowest BCUT2D eigenvalue weighted by Gasteiger charge is -2.14. The molecule has 0 aromatic carbocycles. The van der Waals surface area contributed by atoms with Gasteiger partial charge in [0.05, 0.1) is 0 Å². The van der Waals surface area contributed by atoms with E-state index in [1.165, 1.54) is 11.3 Å². The van der Waals surface area contributed by atoms with Crippen LogP contribution in [0.1, 0.15) is 25.3 Å². The molecule has 0 aliphatic heterocycles. The van der Waals surface area contributed by atoms with Crippen LogP contribution >= 0.6 is 11.3 Å². The maximum absolute atomic E-state index is 11.0. The Morgan fingerprint density at radius 3 is 2.76 bits per heavy atom. The van der Waals surface area contributed by atoms with Crippen LogP contribution in [-0.2, 0) is 16.1 Å². The third-order valence-corrected chi connectivity index (χ3v) is 2.87. The first-order chi connectivity index (χ1) is 8.02. The summed E-state index contributed by atoms with van der Waals surface area (Å²) in [6.45, 7) is 4.35. The Morgan fingerprint density at radius 1 is 1.53 bits per heavy atom. The van der Waals surface area contributed by atoms with Gasteiger partial charge in [0, 0.05) is 7.11 Å². The SMILES string of the molecule is COCc1nnc(N[C@H](CC(C)C)C(=O)O)s1. The highest BCUT2D eigenvalue weighted by molar-refractivity contribution is 7.15. The fourth-order valence-corrected chi connectivity index (χ4v) is 2.10. The second-order valence-electron chi connectivity index (χ2n) is 4.10. The molecular weight excluding hydrogens is 242 g/mol. The molecule has 0 spiro atoms. The molecule has 1 atom stereocenters. The number of aromatic nitrogens is 2. The van der Waals surface area contributed by atoms with Gasteiger partial charge in [-0.1, -0.05) is 25.2 Å². The highest BCUT2D eigenvalue weighted by Crippen LogP contribution is 2.18. The Balaban J connectivity index is 2.62. The molecule has 0 aliphatic carbocycles. The number of rotatable bonds is 7. The number of carbonyl (C=O) groups is 1. The summed E-state index contributed by atoms with van der Waals surface area (Å²) in [6, 6.07) is -0.627. The van der Waals surface area contributed by atoms with Gasteiger partial charge in [-0.05, 0) is 12.3 Å². The topological polar surface area (TPSA) is 84.3 Å². The molecule has 0 aliphatic rings. The van der Waals surface area contributed by atoms with Gasteiger partial charge in [-0.2, -0.15) is 0 Å². The van der Waals surface area contributed by atoms with Gasteiger partial charge in [-0.25, -0.2) is 4.79 Å². The molecule has 0 amide bonds. The summed E-state index contributed by atoms with van der Waals surface area (Å²) in [5, 5.41) is 20.9. The van der Waals surface area contributed by atoms with Crippen LogP contribution in [0.2, 0.25) is 0 Å². The molecule has 1 heterocycles. The van der Waals surface area contributed by atoms with Crippen LogP contribution in [-0.4, -0.2) is 34.4 Å². The lowest BCUT2D eigenvalue weighted by atomic mass is 10.0. The number of hydrogen-bond acceptors (Lipinski definition) is 6. The van der Waals surface area contributed by atoms with Crippen molar-refractivity contribution in [2.24, 2.45) is 5.92 Å². The Kier molecular flexibility index (Phi) is 5.30. The second-order valence-corrected chi connectivity index (χ2v) is 5.16. The van der Waals surface area contributed by atoms with E-state index in [0.29, 0.717) is 24.1 Å². The summed E-state index contributed by atoms with van der Waals surface area (Å²) in [5.41, 5.74) is 0. The molecule has 17 heavy (non-hydrogen) atoms. The summed E-state index contributed by atoms with van der Waals surface area (Å²) < 4.78 is 4.92. The predicted molar refractivity (Wildman–Crippen MR) is 65.1 cm³/mol. The number of ether oxygens (including phenoxy) is 1. The van der Waals surface area contributed by atoms with Crippen molar-refractivity contribution < 1.29 is 14.6 Å². The lowest BCUT2D eigenvalue weighted by molar-refractivity contribution is -0.138. The van der Waals surface area contributed by atoms with Crippen molar-refractivity contribution in [3.63, 3.8) is 0 Å². The quantitative estimate of drug-likeness (QED) is 0.773. The lowest BCUT2D eigenvalue weighted by Crippen LogP contribution is -2.30. The number of nitrogens with zero attached hydrogens (tertiary/aromatic N) is 2. The Labute approximate surface area is 104 Å². The number of aliphatic carboxylic acids is 1. The predicted octanol–water partition coefficient (Wildman–Crippen LogP) is 1.60. The minimum Gasteiger partial charge on any atom is -0.480 e. The van der Waals surface area contributed by atoms with Gasteiger partial charge in [0.1, 0.15) is 17.7 Å². The number of hydrogen-bond donors (Lipinski definition) is 2. The van der Waals surface area contributed by atoms with Crippen molar-refractivity contribution >= 4 is 22.4 Å². The van der Waals surface area contributed by atoms with E-state index in [1.54, 1.807) is 7.11 Å². The highest BCUT2D eigenvalue weighted by atomic mass is 32.1. The average molecular weight is 259 g/mol. The first-order valence-corrected chi connectivity index (χ1v) is 6.15. The van der Waals surface area contributed by atoms with E-state index < -0.39 is 12.0 Å². The zero-order chi connectivity index (χ0) is 12.8. The summed E-state index contributed by atoms with van der Waals surface area (Å²) in [4.78, 5) is 11.0. The number of methoxy groups -OCH3 is 1. The zero-order valence-electron chi connectivity index (χ0n) is 10.1. The van der Waals surface area contributed by atoms with Crippen molar-refractivity contribution in [1.29, 1.82) is 0 Å². The monoisotopic (exact) mass is 259 g/mol. The molecule has 1 aromatic heterocycles. The van der Waals surface area contributed by atoms with Crippen LogP contribution < -0.4 is 5.32 Å². The van der Waals surface area contributed by atoms with E-state index in [9.17, 15) is 4.79 Å². The number of anilines is 1. The number of carboxylic acids is 1. The molecule has 0 bridgehead atoms. The smallest absolute Gasteiger partial charge is 0.326 e. The Hall–Kier alpha value is -1.21. The van der Waals surface area contributed by atoms with Gasteiger partial charge in [-0.3, -0.25) is 0 Å². The van der Waals surface area contributed by atoms with Crippen LogP contribution in [0.4, 0.5) is 5.13 Å². The molecule has 0 unspecified atom stereocenters. The van der Waals surface area contributed by atoms with E-state index in [4.69, 9.17) is 9.84 Å². The summed E-state index contributed by atoms with van der Waals surface area (Å²) in [6.07, 6.45) is 0.550. The number of nitrogens with one attached hydrogen (secondary N) is 1. The molecule has 0 fully saturated rings. The standard InChI is InChI=1S/C10H17N3O3S/c1-6(2)4-7(9(14)15)11-10-13-12-8(17-10)5-16-3/h6-7H,4-5H2,1-3H3,(H,11,13)(H,14,15)/t7-/m1/s1. The maximum Gasteiger partial charge on any atom is 0.326 e. The van der Waals surface area contributed by atoms with E-state index in [1.807, 2.05) is 13.8 Å². The molecule has 1 aromatic rings. The van der Waals surface area contributed by atoms with Crippen molar-refractivity contribution in [1.82, 2.24) is 10.2 Å². The van der Waals surface area contributed by atoms with E-state index >= 15 is 0 Å². The molecule has 0 saturated carbocycles. The molecular formula is C10H17N3O3S. The normalized spacial score (nSPS) is 12.7. The van der Waals surface area contributed by atoms with Crippen molar-refractivity contribution in [3.05, 3.63) is 5.01 Å². The molecule has 7 heteroatoms. The summed E-state index contributed by atoms with van der Waals surface area (Å²) >= 11 is 1.31. The first-order valence-electron chi connectivity index (χ1n) is 5.33. The van der Waals surface area contributed by atoms with Crippen LogP contribution in [0.3, 0.4) is 0 Å². The van der Waals surface area contributed by atoms with Gasteiger partial charge in [0.25, 0.3) is 0 Å². The maximum atomic E-state index is 11.0.